The van der Waals surface area contributed by atoms with E-state index in [0.29, 0.717) is 42.5 Å². The van der Waals surface area contributed by atoms with Gasteiger partial charge in [-0.05, 0) is 67.6 Å². The van der Waals surface area contributed by atoms with E-state index in [1.54, 1.807) is 12.1 Å². The number of aromatic nitrogens is 2. The highest BCUT2D eigenvalue weighted by atomic mass is 32.1. The van der Waals surface area contributed by atoms with Crippen molar-refractivity contribution in [1.29, 1.82) is 0 Å². The van der Waals surface area contributed by atoms with Crippen LogP contribution in [-0.2, 0) is 11.3 Å². The highest BCUT2D eigenvalue weighted by molar-refractivity contribution is 7.14. The first-order chi connectivity index (χ1) is 16.5. The maximum atomic E-state index is 12.7. The van der Waals surface area contributed by atoms with Crippen LogP contribution < -0.4 is 16.0 Å². The molecule has 0 atom stereocenters. The lowest BCUT2D eigenvalue weighted by Gasteiger charge is -2.11. The van der Waals surface area contributed by atoms with Gasteiger partial charge in [0, 0.05) is 31.0 Å². The second-order valence-corrected chi connectivity index (χ2v) is 8.59. The number of carbonyl (C=O) groups is 2. The summed E-state index contributed by atoms with van der Waals surface area (Å²) in [5, 5.41) is 11.4. The topological polar surface area (TPSA) is 97.3 Å². The van der Waals surface area contributed by atoms with E-state index in [1.165, 1.54) is 11.3 Å². The predicted octanol–water partition coefficient (Wildman–Crippen LogP) is 5.73. The van der Waals surface area contributed by atoms with Crippen LogP contribution in [0.25, 0.3) is 11.0 Å². The molecule has 0 fully saturated rings. The molecular weight excluding hydrogens is 450 g/mol. The van der Waals surface area contributed by atoms with Gasteiger partial charge < -0.3 is 14.6 Å². The Labute approximate surface area is 202 Å². The van der Waals surface area contributed by atoms with Crippen LogP contribution in [0.2, 0.25) is 0 Å². The molecule has 2 aromatic carbocycles. The summed E-state index contributed by atoms with van der Waals surface area (Å²) in [4.78, 5) is 29.8. The lowest BCUT2D eigenvalue weighted by molar-refractivity contribution is 0.102. The number of ether oxygens (including phenoxy) is 1. The van der Waals surface area contributed by atoms with Crippen molar-refractivity contribution >= 4 is 50.9 Å². The third-order valence-electron chi connectivity index (χ3n) is 5.23. The number of benzene rings is 2. The van der Waals surface area contributed by atoms with Gasteiger partial charge in [-0.15, -0.1) is 11.3 Å². The quantitative estimate of drug-likeness (QED) is 0.268. The van der Waals surface area contributed by atoms with Crippen LogP contribution in [0.4, 0.5) is 21.4 Å². The van der Waals surface area contributed by atoms with Crippen molar-refractivity contribution in [2.45, 2.75) is 26.8 Å². The fourth-order valence-corrected chi connectivity index (χ4v) is 4.34. The van der Waals surface area contributed by atoms with Crippen LogP contribution in [-0.4, -0.2) is 34.7 Å². The molecule has 176 valence electrons. The number of anilines is 3. The van der Waals surface area contributed by atoms with E-state index in [4.69, 9.17) is 4.74 Å². The molecule has 0 aliphatic rings. The van der Waals surface area contributed by atoms with E-state index >= 15 is 0 Å². The second kappa shape index (κ2) is 11.0. The Bertz CT molecular complexity index is 1280. The molecule has 0 aliphatic carbocycles. The number of amides is 3. The van der Waals surface area contributed by atoms with Crippen molar-refractivity contribution < 1.29 is 14.3 Å². The summed E-state index contributed by atoms with van der Waals surface area (Å²) >= 11 is 1.47. The van der Waals surface area contributed by atoms with Gasteiger partial charge in [0.2, 0.25) is 5.95 Å². The van der Waals surface area contributed by atoms with Crippen molar-refractivity contribution in [1.82, 2.24) is 9.55 Å². The number of carbonyl (C=O) groups excluding carboxylic acids is 2. The minimum atomic E-state index is -0.357. The molecule has 0 bridgehead atoms. The fraction of sp³-hybridized carbons (Fsp3) is 0.240. The molecule has 0 saturated heterocycles. The standard InChI is InChI=1S/C25H27N5O3S/c1-3-33-14-7-13-30-21-11-10-19(26-22(31)18-8-5-4-6-9-18)16-20(21)27-24(30)29-25(32)28-23-17(2)12-15-34-23/h4-6,8-12,15-16H,3,7,13-14H2,1-2H3,(H,26,31)(H2,27,28,29,32). The van der Waals surface area contributed by atoms with Gasteiger partial charge in [0.25, 0.3) is 5.91 Å². The summed E-state index contributed by atoms with van der Waals surface area (Å²) in [6.45, 7) is 5.80. The number of fused-ring (bicyclic) bond motifs is 1. The summed E-state index contributed by atoms with van der Waals surface area (Å²) in [7, 11) is 0. The summed E-state index contributed by atoms with van der Waals surface area (Å²) in [6, 6.07) is 16.2. The lowest BCUT2D eigenvalue weighted by Crippen LogP contribution is -2.22. The zero-order valence-electron chi connectivity index (χ0n) is 19.1. The van der Waals surface area contributed by atoms with Gasteiger partial charge in [-0.1, -0.05) is 18.2 Å². The molecule has 0 radical (unpaired) electrons. The molecule has 0 saturated carbocycles. The maximum absolute atomic E-state index is 12.7. The van der Waals surface area contributed by atoms with E-state index in [1.807, 2.05) is 66.3 Å². The number of nitrogens with zero attached hydrogens (tertiary/aromatic N) is 2. The third kappa shape index (κ3) is 5.62. The maximum Gasteiger partial charge on any atom is 0.326 e. The van der Waals surface area contributed by atoms with Crippen molar-refractivity contribution in [3.63, 3.8) is 0 Å². The van der Waals surface area contributed by atoms with E-state index in [-0.39, 0.29) is 11.9 Å². The van der Waals surface area contributed by atoms with Crippen molar-refractivity contribution in [2.75, 3.05) is 29.2 Å². The number of imidazole rings is 1. The predicted molar refractivity (Wildman–Crippen MR) is 137 cm³/mol. The number of hydrogen-bond acceptors (Lipinski definition) is 5. The Morgan fingerprint density at radius 3 is 2.62 bits per heavy atom. The van der Waals surface area contributed by atoms with Gasteiger partial charge in [-0.25, -0.2) is 9.78 Å². The average molecular weight is 478 g/mol. The lowest BCUT2D eigenvalue weighted by atomic mass is 10.2. The van der Waals surface area contributed by atoms with Gasteiger partial charge in [-0.2, -0.15) is 0 Å². The summed E-state index contributed by atoms with van der Waals surface area (Å²) in [5.74, 6) is 0.241. The van der Waals surface area contributed by atoms with Crippen molar-refractivity contribution in [2.24, 2.45) is 0 Å². The molecule has 3 N–H and O–H groups in total. The molecule has 4 rings (SSSR count). The van der Waals surface area contributed by atoms with E-state index in [0.717, 1.165) is 22.5 Å². The molecule has 3 amide bonds. The molecule has 0 aliphatic heterocycles. The largest absolute Gasteiger partial charge is 0.382 e. The molecule has 2 aromatic heterocycles. The number of rotatable bonds is 9. The Hall–Kier alpha value is -3.69. The molecule has 2 heterocycles. The first-order valence-electron chi connectivity index (χ1n) is 11.1. The minimum Gasteiger partial charge on any atom is -0.382 e. The first-order valence-corrected chi connectivity index (χ1v) is 12.0. The monoisotopic (exact) mass is 477 g/mol. The third-order valence-corrected chi connectivity index (χ3v) is 6.16. The molecule has 8 nitrogen and oxygen atoms in total. The Kier molecular flexibility index (Phi) is 7.56. The number of urea groups is 1. The molecular formula is C25H27N5O3S. The molecule has 4 aromatic rings. The van der Waals surface area contributed by atoms with E-state index in [2.05, 4.69) is 20.9 Å². The normalized spacial score (nSPS) is 10.9. The first kappa shape index (κ1) is 23.5. The number of hydrogen-bond donors (Lipinski definition) is 3. The molecule has 34 heavy (non-hydrogen) atoms. The van der Waals surface area contributed by atoms with Crippen LogP contribution in [0.3, 0.4) is 0 Å². The number of aryl methyl sites for hydroxylation is 2. The molecule has 9 heteroatoms. The Balaban J connectivity index is 1.56. The SMILES string of the molecule is CCOCCCn1c(NC(=O)Nc2sccc2C)nc2cc(NC(=O)c3ccccc3)ccc21. The van der Waals surface area contributed by atoms with Gasteiger partial charge in [0.05, 0.1) is 16.0 Å². The van der Waals surface area contributed by atoms with E-state index in [9.17, 15) is 9.59 Å². The summed E-state index contributed by atoms with van der Waals surface area (Å²) < 4.78 is 7.43. The number of thiophene rings is 1. The van der Waals surface area contributed by atoms with Gasteiger partial charge in [0.1, 0.15) is 0 Å². The smallest absolute Gasteiger partial charge is 0.326 e. The van der Waals surface area contributed by atoms with Crippen LogP contribution in [0, 0.1) is 6.92 Å². The average Bonchev–Trinajstić information content (AvgIpc) is 3.39. The number of nitrogens with one attached hydrogen (secondary N) is 3. The van der Waals surface area contributed by atoms with Crippen molar-refractivity contribution in [3.8, 4) is 0 Å². The highest BCUT2D eigenvalue weighted by Gasteiger charge is 2.15. The van der Waals surface area contributed by atoms with E-state index < -0.39 is 0 Å². The van der Waals surface area contributed by atoms with Crippen LogP contribution in [0.5, 0.6) is 0 Å². The van der Waals surface area contributed by atoms with Crippen molar-refractivity contribution in [3.05, 3.63) is 71.1 Å². The highest BCUT2D eigenvalue weighted by Crippen LogP contribution is 2.25. The van der Waals surface area contributed by atoms with Crippen LogP contribution in [0.1, 0.15) is 29.3 Å². The summed E-state index contributed by atoms with van der Waals surface area (Å²) in [5.41, 5.74) is 3.74. The zero-order chi connectivity index (χ0) is 23.9. The van der Waals surface area contributed by atoms with Gasteiger partial charge in [0.15, 0.2) is 0 Å². The molecule has 0 spiro atoms. The second-order valence-electron chi connectivity index (χ2n) is 7.67. The Morgan fingerprint density at radius 1 is 1.06 bits per heavy atom. The summed E-state index contributed by atoms with van der Waals surface area (Å²) in [6.07, 6.45) is 0.770. The zero-order valence-corrected chi connectivity index (χ0v) is 19.9. The fourth-order valence-electron chi connectivity index (χ4n) is 3.53. The Morgan fingerprint density at radius 2 is 1.88 bits per heavy atom. The van der Waals surface area contributed by atoms with Crippen LogP contribution in [0.15, 0.2) is 60.0 Å². The minimum absolute atomic E-state index is 0.194. The van der Waals surface area contributed by atoms with Crippen LogP contribution >= 0.6 is 11.3 Å². The van der Waals surface area contributed by atoms with Gasteiger partial charge >= 0.3 is 6.03 Å². The van der Waals surface area contributed by atoms with Gasteiger partial charge in [-0.3, -0.25) is 15.4 Å². The molecule has 0 unspecified atom stereocenters.